The number of nitrogens with zero attached hydrogens (tertiary/aromatic N) is 1. The molecule has 1 aromatic heterocycles. The van der Waals surface area contributed by atoms with Gasteiger partial charge in [0.05, 0.1) is 5.54 Å². The number of aromatic amines is 1. The van der Waals surface area contributed by atoms with Crippen LogP contribution in [-0.4, -0.2) is 21.7 Å². The molecule has 0 aromatic carbocycles. The summed E-state index contributed by atoms with van der Waals surface area (Å²) in [5.41, 5.74) is 6.60. The highest BCUT2D eigenvalue weighted by atomic mass is 16.3. The van der Waals surface area contributed by atoms with Gasteiger partial charge in [0.25, 0.3) is 5.56 Å². The first-order valence-electron chi connectivity index (χ1n) is 5.98. The van der Waals surface area contributed by atoms with E-state index in [0.29, 0.717) is 36.3 Å². The third kappa shape index (κ3) is 2.73. The Morgan fingerprint density at radius 2 is 2.00 bits per heavy atom. The van der Waals surface area contributed by atoms with Gasteiger partial charge in [-0.05, 0) is 19.8 Å². The van der Waals surface area contributed by atoms with Crippen LogP contribution >= 0.6 is 0 Å². The van der Waals surface area contributed by atoms with E-state index in [2.05, 4.69) is 9.97 Å². The molecule has 0 saturated carbocycles. The number of hydrogen-bond acceptors (Lipinski definition) is 4. The highest BCUT2D eigenvalue weighted by Gasteiger charge is 2.26. The molecule has 1 aromatic rings. The molecule has 1 rings (SSSR count). The van der Waals surface area contributed by atoms with E-state index in [9.17, 15) is 4.79 Å². The molecule has 0 amide bonds. The van der Waals surface area contributed by atoms with Crippen molar-refractivity contribution in [3.05, 3.63) is 27.4 Å². The molecule has 5 nitrogen and oxygen atoms in total. The minimum absolute atomic E-state index is 0.0553. The largest absolute Gasteiger partial charge is 0.396 e. The van der Waals surface area contributed by atoms with Crippen LogP contribution in [-0.2, 0) is 12.0 Å². The fourth-order valence-corrected chi connectivity index (χ4v) is 1.84. The third-order valence-electron chi connectivity index (χ3n) is 3.32. The van der Waals surface area contributed by atoms with E-state index in [-0.39, 0.29) is 12.2 Å². The Morgan fingerprint density at radius 1 is 1.41 bits per heavy atom. The predicted molar refractivity (Wildman–Crippen MR) is 66.8 cm³/mol. The number of aliphatic hydroxyl groups excluding tert-OH is 1. The Kier molecular flexibility index (Phi) is 4.42. The summed E-state index contributed by atoms with van der Waals surface area (Å²) < 4.78 is 0. The second-order valence-corrected chi connectivity index (χ2v) is 4.32. The topological polar surface area (TPSA) is 92.0 Å². The molecule has 4 N–H and O–H groups in total. The summed E-state index contributed by atoms with van der Waals surface area (Å²) in [5, 5.41) is 8.88. The molecular formula is C12H21N3O2. The smallest absolute Gasteiger partial charge is 0.254 e. The standard InChI is InChI=1S/C12H21N3O2/c1-4-12(13,5-2)11-14-8(3)9(6-7-16)10(17)15-11/h16H,4-7,13H2,1-3H3,(H,14,15,17). The number of aliphatic hydroxyl groups is 1. The van der Waals surface area contributed by atoms with E-state index < -0.39 is 5.54 Å². The molecule has 5 heteroatoms. The van der Waals surface area contributed by atoms with Crippen molar-refractivity contribution in [2.45, 2.75) is 45.6 Å². The number of rotatable bonds is 5. The van der Waals surface area contributed by atoms with E-state index in [1.807, 2.05) is 13.8 Å². The third-order valence-corrected chi connectivity index (χ3v) is 3.32. The van der Waals surface area contributed by atoms with Crippen LogP contribution in [0.5, 0.6) is 0 Å². The lowest BCUT2D eigenvalue weighted by Gasteiger charge is -2.25. The van der Waals surface area contributed by atoms with Gasteiger partial charge in [0.2, 0.25) is 0 Å². The molecular weight excluding hydrogens is 218 g/mol. The Morgan fingerprint density at radius 3 is 2.41 bits per heavy atom. The van der Waals surface area contributed by atoms with Crippen LogP contribution in [0.1, 0.15) is 43.8 Å². The van der Waals surface area contributed by atoms with Gasteiger partial charge in [0.15, 0.2) is 0 Å². The first-order valence-corrected chi connectivity index (χ1v) is 5.98. The first-order chi connectivity index (χ1) is 7.98. The fourth-order valence-electron chi connectivity index (χ4n) is 1.84. The minimum atomic E-state index is -0.582. The van der Waals surface area contributed by atoms with Crippen LogP contribution in [0.3, 0.4) is 0 Å². The lowest BCUT2D eigenvalue weighted by atomic mass is 9.93. The molecule has 0 aliphatic rings. The van der Waals surface area contributed by atoms with E-state index >= 15 is 0 Å². The fraction of sp³-hybridized carbons (Fsp3) is 0.667. The maximum Gasteiger partial charge on any atom is 0.254 e. The molecule has 0 unspecified atom stereocenters. The van der Waals surface area contributed by atoms with Gasteiger partial charge in [-0.25, -0.2) is 4.98 Å². The normalized spacial score (nSPS) is 11.8. The van der Waals surface area contributed by atoms with Gasteiger partial charge in [0.1, 0.15) is 5.82 Å². The molecule has 96 valence electrons. The van der Waals surface area contributed by atoms with E-state index in [0.717, 1.165) is 0 Å². The van der Waals surface area contributed by atoms with Crippen molar-refractivity contribution in [2.75, 3.05) is 6.61 Å². The highest BCUT2D eigenvalue weighted by molar-refractivity contribution is 5.19. The molecule has 17 heavy (non-hydrogen) atoms. The zero-order valence-electron chi connectivity index (χ0n) is 10.7. The van der Waals surface area contributed by atoms with Gasteiger partial charge in [-0.3, -0.25) is 4.79 Å². The Labute approximate surface area is 101 Å². The van der Waals surface area contributed by atoms with Gasteiger partial charge in [-0.15, -0.1) is 0 Å². The molecule has 0 spiro atoms. The summed E-state index contributed by atoms with van der Waals surface area (Å²) in [7, 11) is 0. The van der Waals surface area contributed by atoms with Crippen LogP contribution in [0.25, 0.3) is 0 Å². The Bertz CT molecular complexity index is 436. The number of aryl methyl sites for hydroxylation is 1. The SMILES string of the molecule is CCC(N)(CC)c1nc(C)c(CCO)c(=O)[nH]1. The van der Waals surface area contributed by atoms with Crippen LogP contribution in [0.2, 0.25) is 0 Å². The molecule has 0 radical (unpaired) electrons. The number of hydrogen-bond donors (Lipinski definition) is 3. The molecule has 0 saturated heterocycles. The van der Waals surface area contributed by atoms with Crippen LogP contribution in [0, 0.1) is 6.92 Å². The molecule has 0 bridgehead atoms. The van der Waals surface area contributed by atoms with Gasteiger partial charge in [0, 0.05) is 24.3 Å². The Hall–Kier alpha value is -1.20. The first kappa shape index (κ1) is 13.9. The maximum atomic E-state index is 11.9. The monoisotopic (exact) mass is 239 g/mol. The highest BCUT2D eigenvalue weighted by Crippen LogP contribution is 2.21. The summed E-state index contributed by atoms with van der Waals surface area (Å²) >= 11 is 0. The molecule has 0 aliphatic heterocycles. The van der Waals surface area contributed by atoms with Crippen molar-refractivity contribution in [3.8, 4) is 0 Å². The van der Waals surface area contributed by atoms with Gasteiger partial charge >= 0.3 is 0 Å². The van der Waals surface area contributed by atoms with Crippen LogP contribution in [0.4, 0.5) is 0 Å². The average molecular weight is 239 g/mol. The lowest BCUT2D eigenvalue weighted by Crippen LogP contribution is -2.39. The van der Waals surface area contributed by atoms with Crippen molar-refractivity contribution >= 4 is 0 Å². The number of nitrogens with two attached hydrogens (primary N) is 1. The van der Waals surface area contributed by atoms with Gasteiger partial charge < -0.3 is 15.8 Å². The van der Waals surface area contributed by atoms with Crippen molar-refractivity contribution in [2.24, 2.45) is 5.73 Å². The minimum Gasteiger partial charge on any atom is -0.396 e. The number of aromatic nitrogens is 2. The van der Waals surface area contributed by atoms with Crippen LogP contribution in [0.15, 0.2) is 4.79 Å². The van der Waals surface area contributed by atoms with E-state index in [1.165, 1.54) is 0 Å². The van der Waals surface area contributed by atoms with E-state index in [1.54, 1.807) is 6.92 Å². The lowest BCUT2D eigenvalue weighted by molar-refractivity contribution is 0.298. The van der Waals surface area contributed by atoms with Gasteiger partial charge in [-0.1, -0.05) is 13.8 Å². The summed E-state index contributed by atoms with van der Waals surface area (Å²) in [5.74, 6) is 0.534. The summed E-state index contributed by atoms with van der Waals surface area (Å²) in [6, 6.07) is 0. The molecule has 1 heterocycles. The average Bonchev–Trinajstić information content (AvgIpc) is 2.32. The molecule has 0 aliphatic carbocycles. The second-order valence-electron chi connectivity index (χ2n) is 4.32. The maximum absolute atomic E-state index is 11.9. The summed E-state index contributed by atoms with van der Waals surface area (Å²) in [4.78, 5) is 19.0. The zero-order chi connectivity index (χ0) is 13.1. The molecule has 0 fully saturated rings. The molecule has 0 atom stereocenters. The quantitative estimate of drug-likeness (QED) is 0.701. The zero-order valence-corrected chi connectivity index (χ0v) is 10.7. The summed E-state index contributed by atoms with van der Waals surface area (Å²) in [6.07, 6.45) is 1.75. The van der Waals surface area contributed by atoms with Crippen LogP contribution < -0.4 is 11.3 Å². The summed E-state index contributed by atoms with van der Waals surface area (Å²) in [6.45, 7) is 5.66. The van der Waals surface area contributed by atoms with Crippen molar-refractivity contribution in [1.82, 2.24) is 9.97 Å². The number of H-pyrrole nitrogens is 1. The predicted octanol–water partition coefficient (Wildman–Crippen LogP) is 0.587. The van der Waals surface area contributed by atoms with Crippen molar-refractivity contribution < 1.29 is 5.11 Å². The van der Waals surface area contributed by atoms with Crippen molar-refractivity contribution in [1.29, 1.82) is 0 Å². The van der Waals surface area contributed by atoms with Crippen molar-refractivity contribution in [3.63, 3.8) is 0 Å². The van der Waals surface area contributed by atoms with E-state index in [4.69, 9.17) is 10.8 Å². The van der Waals surface area contributed by atoms with Gasteiger partial charge in [-0.2, -0.15) is 0 Å². The number of nitrogens with one attached hydrogen (secondary N) is 1. The second kappa shape index (κ2) is 5.42. The Balaban J connectivity index is 3.27.